The number of aryl methyl sites for hydroxylation is 1. The molecule has 1 atom stereocenters. The van der Waals surface area contributed by atoms with E-state index in [1.807, 2.05) is 24.3 Å². The second kappa shape index (κ2) is 8.54. The van der Waals surface area contributed by atoms with Crippen molar-refractivity contribution >= 4 is 0 Å². The molecule has 2 aromatic carbocycles. The van der Waals surface area contributed by atoms with Crippen LogP contribution in [0.4, 0.5) is 4.39 Å². The van der Waals surface area contributed by atoms with Gasteiger partial charge in [-0.3, -0.25) is 0 Å². The fraction of sp³-hybridized carbons (Fsp3) is 0.368. The minimum atomic E-state index is -0.176. The molecule has 0 radical (unpaired) electrons. The Labute approximate surface area is 132 Å². The Morgan fingerprint density at radius 2 is 1.55 bits per heavy atom. The van der Waals surface area contributed by atoms with Crippen LogP contribution in [-0.2, 0) is 12.8 Å². The lowest BCUT2D eigenvalue weighted by Crippen LogP contribution is -2.28. The summed E-state index contributed by atoms with van der Waals surface area (Å²) in [6, 6.07) is 15.4. The Morgan fingerprint density at radius 3 is 2.18 bits per heavy atom. The third-order valence-electron chi connectivity index (χ3n) is 3.84. The van der Waals surface area contributed by atoms with Gasteiger partial charge in [-0.2, -0.15) is 0 Å². The number of rotatable bonds is 8. The average molecular weight is 301 g/mol. The Morgan fingerprint density at radius 1 is 0.955 bits per heavy atom. The SMILES string of the molecule is COc1ccc(CC[C@H](C)NCCc2ccc(F)cc2)cc1. The number of hydrogen-bond acceptors (Lipinski definition) is 2. The third kappa shape index (κ3) is 5.49. The molecule has 0 saturated heterocycles. The summed E-state index contributed by atoms with van der Waals surface area (Å²) in [4.78, 5) is 0. The molecule has 0 fully saturated rings. The van der Waals surface area contributed by atoms with Crippen LogP contribution < -0.4 is 10.1 Å². The highest BCUT2D eigenvalue weighted by Crippen LogP contribution is 2.13. The number of methoxy groups -OCH3 is 1. The number of benzene rings is 2. The molecule has 0 aliphatic carbocycles. The summed E-state index contributed by atoms with van der Waals surface area (Å²) in [6.45, 7) is 3.11. The van der Waals surface area contributed by atoms with Gasteiger partial charge in [0.05, 0.1) is 7.11 Å². The van der Waals surface area contributed by atoms with Crippen molar-refractivity contribution in [3.05, 3.63) is 65.5 Å². The van der Waals surface area contributed by atoms with E-state index in [-0.39, 0.29) is 5.82 Å². The van der Waals surface area contributed by atoms with Gasteiger partial charge in [0.25, 0.3) is 0 Å². The van der Waals surface area contributed by atoms with E-state index < -0.39 is 0 Å². The lowest BCUT2D eigenvalue weighted by molar-refractivity contribution is 0.414. The molecular formula is C19H24FNO. The van der Waals surface area contributed by atoms with Crippen LogP contribution in [0.2, 0.25) is 0 Å². The first-order chi connectivity index (χ1) is 10.7. The molecule has 0 bridgehead atoms. The van der Waals surface area contributed by atoms with Crippen LogP contribution >= 0.6 is 0 Å². The van der Waals surface area contributed by atoms with E-state index >= 15 is 0 Å². The van der Waals surface area contributed by atoms with Crippen molar-refractivity contribution in [2.75, 3.05) is 13.7 Å². The molecule has 0 aliphatic rings. The molecule has 0 unspecified atom stereocenters. The van der Waals surface area contributed by atoms with Gasteiger partial charge in [0.2, 0.25) is 0 Å². The summed E-state index contributed by atoms with van der Waals surface area (Å²) in [5.41, 5.74) is 2.49. The lowest BCUT2D eigenvalue weighted by atomic mass is 10.1. The molecule has 1 N–H and O–H groups in total. The molecule has 0 heterocycles. The van der Waals surface area contributed by atoms with E-state index in [0.29, 0.717) is 6.04 Å². The Kier molecular flexibility index (Phi) is 6.41. The van der Waals surface area contributed by atoms with E-state index in [2.05, 4.69) is 24.4 Å². The molecule has 0 aliphatic heterocycles. The zero-order valence-corrected chi connectivity index (χ0v) is 13.3. The predicted octanol–water partition coefficient (Wildman–Crippen LogP) is 3.99. The third-order valence-corrected chi connectivity index (χ3v) is 3.84. The fourth-order valence-electron chi connectivity index (χ4n) is 2.39. The van der Waals surface area contributed by atoms with Crippen LogP contribution in [0.25, 0.3) is 0 Å². The second-order valence-corrected chi connectivity index (χ2v) is 5.62. The summed E-state index contributed by atoms with van der Waals surface area (Å²) in [5.74, 6) is 0.721. The first kappa shape index (κ1) is 16.5. The highest BCUT2D eigenvalue weighted by Gasteiger charge is 2.03. The zero-order chi connectivity index (χ0) is 15.8. The smallest absolute Gasteiger partial charge is 0.123 e. The van der Waals surface area contributed by atoms with Crippen molar-refractivity contribution in [2.24, 2.45) is 0 Å². The predicted molar refractivity (Wildman–Crippen MR) is 88.9 cm³/mol. The Hall–Kier alpha value is -1.87. The van der Waals surface area contributed by atoms with Crippen LogP contribution in [-0.4, -0.2) is 19.7 Å². The number of hydrogen-bond donors (Lipinski definition) is 1. The Balaban J connectivity index is 1.66. The van der Waals surface area contributed by atoms with Crippen LogP contribution in [0.5, 0.6) is 5.75 Å². The summed E-state index contributed by atoms with van der Waals surface area (Å²) in [7, 11) is 1.68. The molecule has 2 aromatic rings. The minimum Gasteiger partial charge on any atom is -0.497 e. The van der Waals surface area contributed by atoms with Crippen LogP contribution in [0.3, 0.4) is 0 Å². The van der Waals surface area contributed by atoms with Crippen LogP contribution in [0, 0.1) is 5.82 Å². The van der Waals surface area contributed by atoms with Gasteiger partial charge in [-0.05, 0) is 68.1 Å². The molecule has 2 rings (SSSR count). The summed E-state index contributed by atoms with van der Waals surface area (Å²) >= 11 is 0. The molecule has 118 valence electrons. The molecule has 0 aromatic heterocycles. The van der Waals surface area contributed by atoms with Gasteiger partial charge in [0.15, 0.2) is 0 Å². The molecular weight excluding hydrogens is 277 g/mol. The van der Waals surface area contributed by atoms with E-state index in [9.17, 15) is 4.39 Å². The maximum atomic E-state index is 12.8. The van der Waals surface area contributed by atoms with E-state index in [1.165, 1.54) is 17.7 Å². The van der Waals surface area contributed by atoms with Crippen LogP contribution in [0.1, 0.15) is 24.5 Å². The maximum Gasteiger partial charge on any atom is 0.123 e. The van der Waals surface area contributed by atoms with Crippen LogP contribution in [0.15, 0.2) is 48.5 Å². The molecule has 0 spiro atoms. The van der Waals surface area contributed by atoms with Gasteiger partial charge in [-0.25, -0.2) is 4.39 Å². The fourth-order valence-corrected chi connectivity index (χ4v) is 2.39. The van der Waals surface area contributed by atoms with Crippen molar-refractivity contribution in [1.82, 2.24) is 5.32 Å². The van der Waals surface area contributed by atoms with Gasteiger partial charge < -0.3 is 10.1 Å². The Bertz CT molecular complexity index is 551. The number of halogens is 1. The summed E-state index contributed by atoms with van der Waals surface area (Å²) < 4.78 is 18.0. The first-order valence-corrected chi connectivity index (χ1v) is 7.78. The van der Waals surface area contributed by atoms with E-state index in [0.717, 1.165) is 37.1 Å². The van der Waals surface area contributed by atoms with Gasteiger partial charge in [-0.1, -0.05) is 24.3 Å². The molecule has 2 nitrogen and oxygen atoms in total. The quantitative estimate of drug-likeness (QED) is 0.796. The van der Waals surface area contributed by atoms with E-state index in [1.54, 1.807) is 7.11 Å². The van der Waals surface area contributed by atoms with Gasteiger partial charge in [-0.15, -0.1) is 0 Å². The number of ether oxygens (including phenoxy) is 1. The molecule has 0 saturated carbocycles. The van der Waals surface area contributed by atoms with Gasteiger partial charge in [0.1, 0.15) is 11.6 Å². The van der Waals surface area contributed by atoms with Crippen molar-refractivity contribution in [3.8, 4) is 5.75 Å². The monoisotopic (exact) mass is 301 g/mol. The first-order valence-electron chi connectivity index (χ1n) is 7.78. The largest absolute Gasteiger partial charge is 0.497 e. The minimum absolute atomic E-state index is 0.176. The highest BCUT2D eigenvalue weighted by molar-refractivity contribution is 5.27. The molecule has 0 amide bonds. The van der Waals surface area contributed by atoms with E-state index in [4.69, 9.17) is 4.74 Å². The normalized spacial score (nSPS) is 12.1. The summed E-state index contributed by atoms with van der Waals surface area (Å²) in [6.07, 6.45) is 3.07. The zero-order valence-electron chi connectivity index (χ0n) is 13.3. The van der Waals surface area contributed by atoms with Gasteiger partial charge in [0, 0.05) is 6.04 Å². The topological polar surface area (TPSA) is 21.3 Å². The number of nitrogens with one attached hydrogen (secondary N) is 1. The van der Waals surface area contributed by atoms with Crippen molar-refractivity contribution < 1.29 is 9.13 Å². The van der Waals surface area contributed by atoms with Crippen molar-refractivity contribution in [1.29, 1.82) is 0 Å². The maximum absolute atomic E-state index is 12.8. The van der Waals surface area contributed by atoms with Crippen molar-refractivity contribution in [3.63, 3.8) is 0 Å². The lowest BCUT2D eigenvalue weighted by Gasteiger charge is -2.14. The standard InChI is InChI=1S/C19H24FNO/c1-15(3-4-16-7-11-19(22-2)12-8-16)21-14-13-17-5-9-18(20)10-6-17/h5-12,15,21H,3-4,13-14H2,1-2H3/t15-/m0/s1. The second-order valence-electron chi connectivity index (χ2n) is 5.62. The highest BCUT2D eigenvalue weighted by atomic mass is 19.1. The van der Waals surface area contributed by atoms with Gasteiger partial charge >= 0.3 is 0 Å². The summed E-state index contributed by atoms with van der Waals surface area (Å²) in [5, 5.41) is 3.52. The van der Waals surface area contributed by atoms with Crippen molar-refractivity contribution in [2.45, 2.75) is 32.2 Å². The molecule has 3 heteroatoms. The molecule has 22 heavy (non-hydrogen) atoms. The average Bonchev–Trinajstić information content (AvgIpc) is 2.55.